The van der Waals surface area contributed by atoms with Gasteiger partial charge < -0.3 is 15.6 Å². The Balaban J connectivity index is 2.18. The maximum absolute atomic E-state index is 12.8. The molecule has 2 unspecified atom stereocenters. The van der Waals surface area contributed by atoms with Crippen LogP contribution >= 0.6 is 0 Å². The lowest BCUT2D eigenvalue weighted by Gasteiger charge is -2.26. The summed E-state index contributed by atoms with van der Waals surface area (Å²) in [7, 11) is 0. The van der Waals surface area contributed by atoms with E-state index in [2.05, 4.69) is 49.0 Å². The zero-order chi connectivity index (χ0) is 20.0. The number of nitrogens with two attached hydrogens (primary N) is 1. The normalized spacial score (nSPS) is 18.8. The first-order valence-electron chi connectivity index (χ1n) is 9.36. The summed E-state index contributed by atoms with van der Waals surface area (Å²) in [6.07, 6.45) is 13.9. The summed E-state index contributed by atoms with van der Waals surface area (Å²) in [5.74, 6) is 1.13. The van der Waals surface area contributed by atoms with Gasteiger partial charge in [0, 0.05) is 24.4 Å². The lowest BCUT2D eigenvalue weighted by atomic mass is 9.88. The van der Waals surface area contributed by atoms with Gasteiger partial charge in [-0.25, -0.2) is 4.99 Å². The molecule has 1 aromatic heterocycles. The fourth-order valence-electron chi connectivity index (χ4n) is 3.19. The molecule has 5 heteroatoms. The Morgan fingerprint density at radius 3 is 2.89 bits per heavy atom. The Morgan fingerprint density at radius 1 is 1.56 bits per heavy atom. The summed E-state index contributed by atoms with van der Waals surface area (Å²) in [5, 5.41) is 3.18. The molecule has 1 heterocycles. The maximum Gasteiger partial charge on any atom is 0.253 e. The number of hydrogen-bond acceptors (Lipinski definition) is 3. The average molecular weight is 367 g/mol. The fraction of sp³-hybridized carbons (Fsp3) is 0.364. The first-order valence-corrected chi connectivity index (χ1v) is 9.36. The molecule has 2 atom stereocenters. The van der Waals surface area contributed by atoms with Crippen LogP contribution in [0.25, 0.3) is 0 Å². The van der Waals surface area contributed by atoms with E-state index in [9.17, 15) is 4.79 Å². The van der Waals surface area contributed by atoms with Gasteiger partial charge in [0.15, 0.2) is 0 Å². The van der Waals surface area contributed by atoms with E-state index in [1.807, 2.05) is 26.1 Å². The van der Waals surface area contributed by atoms with Crippen LogP contribution in [0, 0.1) is 5.92 Å². The van der Waals surface area contributed by atoms with Gasteiger partial charge in [-0.05, 0) is 45.3 Å². The molecule has 0 bridgehead atoms. The van der Waals surface area contributed by atoms with Gasteiger partial charge in [-0.15, -0.1) is 0 Å². The van der Waals surface area contributed by atoms with E-state index in [0.29, 0.717) is 17.3 Å². The molecular weight excluding hydrogens is 336 g/mol. The first kappa shape index (κ1) is 20.5. The van der Waals surface area contributed by atoms with E-state index in [1.165, 1.54) is 5.57 Å². The highest BCUT2D eigenvalue weighted by atomic mass is 16.1. The summed E-state index contributed by atoms with van der Waals surface area (Å²) < 4.78 is 1.80. The van der Waals surface area contributed by atoms with Crippen molar-refractivity contribution in [2.75, 3.05) is 0 Å². The van der Waals surface area contributed by atoms with Gasteiger partial charge in [0.25, 0.3) is 5.91 Å². The Labute approximate surface area is 162 Å². The van der Waals surface area contributed by atoms with E-state index in [0.717, 1.165) is 18.4 Å². The lowest BCUT2D eigenvalue weighted by Crippen LogP contribution is -2.39. The van der Waals surface area contributed by atoms with Crippen molar-refractivity contribution in [3.05, 3.63) is 71.9 Å². The van der Waals surface area contributed by atoms with Crippen molar-refractivity contribution in [1.29, 1.82) is 0 Å². The monoisotopic (exact) mass is 366 g/mol. The maximum atomic E-state index is 12.8. The van der Waals surface area contributed by atoms with E-state index in [-0.39, 0.29) is 17.8 Å². The molecular formula is C22H30N4O. The Hall–Kier alpha value is -2.82. The molecule has 0 spiro atoms. The number of nitrogens with one attached hydrogen (secondary N) is 1. The summed E-state index contributed by atoms with van der Waals surface area (Å²) in [6.45, 7) is 11.7. The van der Waals surface area contributed by atoms with Gasteiger partial charge >= 0.3 is 0 Å². The van der Waals surface area contributed by atoms with Crippen molar-refractivity contribution in [3.63, 3.8) is 0 Å². The summed E-state index contributed by atoms with van der Waals surface area (Å²) in [5.41, 5.74) is 8.45. The van der Waals surface area contributed by atoms with Crippen LogP contribution in [-0.4, -0.2) is 22.4 Å². The molecule has 1 aliphatic carbocycles. The second kappa shape index (κ2) is 9.21. The number of rotatable bonds is 6. The van der Waals surface area contributed by atoms with Crippen molar-refractivity contribution in [3.8, 4) is 0 Å². The van der Waals surface area contributed by atoms with Crippen LogP contribution in [0.5, 0.6) is 0 Å². The molecule has 27 heavy (non-hydrogen) atoms. The number of carbonyl (C=O) groups excluding carboxylic acids is 1. The van der Waals surface area contributed by atoms with Crippen LogP contribution < -0.4 is 11.1 Å². The molecule has 0 saturated heterocycles. The van der Waals surface area contributed by atoms with Gasteiger partial charge in [-0.3, -0.25) is 4.79 Å². The third-order valence-electron chi connectivity index (χ3n) is 4.77. The molecule has 1 aliphatic rings. The molecule has 0 saturated carbocycles. The van der Waals surface area contributed by atoms with E-state index in [1.54, 1.807) is 16.8 Å². The van der Waals surface area contributed by atoms with Gasteiger partial charge in [-0.1, -0.05) is 43.4 Å². The predicted molar refractivity (Wildman–Crippen MR) is 113 cm³/mol. The molecule has 5 nitrogen and oxygen atoms in total. The van der Waals surface area contributed by atoms with Gasteiger partial charge in [0.1, 0.15) is 11.7 Å². The SMILES string of the molecule is C=C(N)/N=C(\C(C)=C/C)n1ccc(C(=O)NC(CC)C2C=C(C)C=CC2)c1. The Morgan fingerprint density at radius 2 is 2.30 bits per heavy atom. The number of carbonyl (C=O) groups is 1. The molecule has 0 aliphatic heterocycles. The number of amides is 1. The highest BCUT2D eigenvalue weighted by Gasteiger charge is 2.22. The molecule has 0 fully saturated rings. The number of allylic oxidation sites excluding steroid dienone is 5. The highest BCUT2D eigenvalue weighted by molar-refractivity contribution is 6.02. The van der Waals surface area contributed by atoms with Crippen molar-refractivity contribution < 1.29 is 4.79 Å². The minimum Gasteiger partial charge on any atom is -0.384 e. The molecule has 144 valence electrons. The third kappa shape index (κ3) is 5.33. The largest absolute Gasteiger partial charge is 0.384 e. The Kier molecular flexibility index (Phi) is 6.99. The third-order valence-corrected chi connectivity index (χ3v) is 4.77. The lowest BCUT2D eigenvalue weighted by molar-refractivity contribution is 0.0926. The summed E-state index contributed by atoms with van der Waals surface area (Å²) in [6, 6.07) is 1.90. The van der Waals surface area contributed by atoms with Crippen molar-refractivity contribution in [1.82, 2.24) is 9.88 Å². The highest BCUT2D eigenvalue weighted by Crippen LogP contribution is 2.22. The van der Waals surface area contributed by atoms with Crippen molar-refractivity contribution in [2.24, 2.45) is 16.6 Å². The van der Waals surface area contributed by atoms with Crippen LogP contribution in [0.1, 0.15) is 50.9 Å². The molecule has 0 radical (unpaired) electrons. The summed E-state index contributed by atoms with van der Waals surface area (Å²) in [4.78, 5) is 17.1. The van der Waals surface area contributed by atoms with Crippen LogP contribution in [0.4, 0.5) is 0 Å². The first-order chi connectivity index (χ1) is 12.8. The zero-order valence-electron chi connectivity index (χ0n) is 16.7. The van der Waals surface area contributed by atoms with Crippen LogP contribution in [0.15, 0.2) is 71.3 Å². The molecule has 0 aromatic carbocycles. The molecule has 2 rings (SSSR count). The van der Waals surface area contributed by atoms with E-state index in [4.69, 9.17) is 5.73 Å². The smallest absolute Gasteiger partial charge is 0.253 e. The van der Waals surface area contributed by atoms with Crippen LogP contribution in [-0.2, 0) is 0 Å². The zero-order valence-corrected chi connectivity index (χ0v) is 16.7. The topological polar surface area (TPSA) is 72.4 Å². The second-order valence-corrected chi connectivity index (χ2v) is 6.91. The van der Waals surface area contributed by atoms with Crippen molar-refractivity contribution in [2.45, 2.75) is 46.6 Å². The van der Waals surface area contributed by atoms with E-state index >= 15 is 0 Å². The summed E-state index contributed by atoms with van der Waals surface area (Å²) >= 11 is 0. The fourth-order valence-corrected chi connectivity index (χ4v) is 3.19. The minimum absolute atomic E-state index is 0.0785. The molecule has 1 amide bonds. The molecule has 3 N–H and O–H groups in total. The van der Waals surface area contributed by atoms with Crippen LogP contribution in [0.3, 0.4) is 0 Å². The van der Waals surface area contributed by atoms with Gasteiger partial charge in [-0.2, -0.15) is 0 Å². The number of nitrogens with zero attached hydrogens (tertiary/aromatic N) is 2. The minimum atomic E-state index is -0.0785. The van der Waals surface area contributed by atoms with Crippen molar-refractivity contribution >= 4 is 11.7 Å². The average Bonchev–Trinajstić information content (AvgIpc) is 3.13. The standard InChI is InChI=1S/C22H30N4O/c1-6-16(4)21(24-17(5)23)26-12-11-19(14-26)22(27)25-20(7-2)18-10-8-9-15(3)13-18/h6,8-9,11-14,18,20H,5,7,10,23H2,1-4H3,(H,25,27)/b16-6-,24-21+. The quantitative estimate of drug-likeness (QED) is 0.586. The number of hydrogen-bond donors (Lipinski definition) is 2. The second-order valence-electron chi connectivity index (χ2n) is 6.91. The number of aromatic nitrogens is 1. The Bertz CT molecular complexity index is 823. The van der Waals surface area contributed by atoms with Gasteiger partial charge in [0.05, 0.1) is 5.56 Å². The van der Waals surface area contributed by atoms with E-state index < -0.39 is 0 Å². The molecule has 1 aromatic rings. The van der Waals surface area contributed by atoms with Gasteiger partial charge in [0.2, 0.25) is 0 Å². The number of aliphatic imine (C=N–C) groups is 1. The predicted octanol–water partition coefficient (Wildman–Crippen LogP) is 4.16. The van der Waals surface area contributed by atoms with Crippen LogP contribution in [0.2, 0.25) is 0 Å².